The molecule has 1 atom stereocenters. The van der Waals surface area contributed by atoms with E-state index in [2.05, 4.69) is 13.8 Å². The normalized spacial score (nSPS) is 14.1. The van der Waals surface area contributed by atoms with Crippen LogP contribution in [0.2, 0.25) is 0 Å². The number of hydrogen-bond acceptors (Lipinski definition) is 3. The van der Waals surface area contributed by atoms with Gasteiger partial charge in [-0.05, 0) is 31.4 Å². The Morgan fingerprint density at radius 3 is 2.33 bits per heavy atom. The van der Waals surface area contributed by atoms with E-state index < -0.39 is 5.97 Å². The average molecular weight is 294 g/mol. The van der Waals surface area contributed by atoms with Gasteiger partial charge < -0.3 is 14.6 Å². The molecule has 0 radical (unpaired) electrons. The number of ether oxygens (including phenoxy) is 2. The van der Waals surface area contributed by atoms with Crippen molar-refractivity contribution in [1.82, 2.24) is 0 Å². The fourth-order valence-electron chi connectivity index (χ4n) is 2.31. The second kappa shape index (κ2) is 9.80. The van der Waals surface area contributed by atoms with Crippen LogP contribution in [0.1, 0.15) is 59.3 Å². The van der Waals surface area contributed by atoms with Crippen LogP contribution in [0.3, 0.4) is 0 Å². The van der Waals surface area contributed by atoms with Gasteiger partial charge in [-0.25, -0.2) is 0 Å². The van der Waals surface area contributed by atoms with Gasteiger partial charge in [0.25, 0.3) is 0 Å². The summed E-state index contributed by atoms with van der Waals surface area (Å²) in [6.07, 6.45) is 6.23. The Balaban J connectivity index is 2.34. The molecular weight excluding hydrogens is 264 g/mol. The molecule has 1 N–H and O–H groups in total. The molecule has 0 saturated heterocycles. The number of hydrogen-bond donors (Lipinski definition) is 1. The predicted molar refractivity (Wildman–Crippen MR) is 86.2 cm³/mol. The summed E-state index contributed by atoms with van der Waals surface area (Å²) in [4.78, 5) is 0. The molecule has 0 spiro atoms. The summed E-state index contributed by atoms with van der Waals surface area (Å²) in [5.41, 5.74) is 0. The van der Waals surface area contributed by atoms with Gasteiger partial charge in [-0.15, -0.1) is 0 Å². The van der Waals surface area contributed by atoms with Crippen LogP contribution >= 0.6 is 0 Å². The van der Waals surface area contributed by atoms with Crippen molar-refractivity contribution in [2.24, 2.45) is 5.92 Å². The molecule has 120 valence electrons. The van der Waals surface area contributed by atoms with Crippen LogP contribution in [-0.4, -0.2) is 17.7 Å². The Morgan fingerprint density at radius 2 is 1.71 bits per heavy atom. The van der Waals surface area contributed by atoms with Gasteiger partial charge in [-0.3, -0.25) is 0 Å². The lowest BCUT2D eigenvalue weighted by Crippen LogP contribution is -2.39. The highest BCUT2D eigenvalue weighted by molar-refractivity contribution is 5.21. The third kappa shape index (κ3) is 8.08. The van der Waals surface area contributed by atoms with Crippen molar-refractivity contribution in [2.45, 2.75) is 65.3 Å². The van der Waals surface area contributed by atoms with Gasteiger partial charge in [0.15, 0.2) is 0 Å². The molecule has 0 heterocycles. The topological polar surface area (TPSA) is 38.7 Å². The SMILES string of the molecule is CCOC(O)(CCCCCCC(C)C)Oc1ccccc1. The number of unbranched alkanes of at least 4 members (excludes halogenated alkanes) is 3. The van der Waals surface area contributed by atoms with E-state index in [1.54, 1.807) is 0 Å². The number of rotatable bonds is 11. The minimum Gasteiger partial charge on any atom is -0.439 e. The summed E-state index contributed by atoms with van der Waals surface area (Å²) in [5, 5.41) is 10.5. The van der Waals surface area contributed by atoms with E-state index in [0.717, 1.165) is 18.8 Å². The van der Waals surface area contributed by atoms with Crippen LogP contribution in [0.5, 0.6) is 5.75 Å². The average Bonchev–Trinajstić information content (AvgIpc) is 2.43. The molecule has 1 unspecified atom stereocenters. The molecule has 21 heavy (non-hydrogen) atoms. The molecule has 0 aliphatic carbocycles. The first kappa shape index (κ1) is 18.0. The zero-order valence-electron chi connectivity index (χ0n) is 13.7. The first-order chi connectivity index (χ1) is 10.1. The molecule has 0 saturated carbocycles. The minimum absolute atomic E-state index is 0.427. The van der Waals surface area contributed by atoms with Gasteiger partial charge in [-0.2, -0.15) is 0 Å². The third-order valence-corrected chi connectivity index (χ3v) is 3.41. The van der Waals surface area contributed by atoms with Crippen LogP contribution in [0.25, 0.3) is 0 Å². The highest BCUT2D eigenvalue weighted by Crippen LogP contribution is 2.23. The van der Waals surface area contributed by atoms with Crippen LogP contribution in [0, 0.1) is 5.92 Å². The molecule has 1 rings (SSSR count). The van der Waals surface area contributed by atoms with E-state index in [1.165, 1.54) is 19.3 Å². The van der Waals surface area contributed by atoms with E-state index in [9.17, 15) is 5.11 Å². The Kier molecular flexibility index (Phi) is 8.40. The molecule has 0 bridgehead atoms. The summed E-state index contributed by atoms with van der Waals surface area (Å²) < 4.78 is 11.0. The highest BCUT2D eigenvalue weighted by Gasteiger charge is 2.29. The Labute approximate surface area is 129 Å². The van der Waals surface area contributed by atoms with Crippen LogP contribution in [-0.2, 0) is 4.74 Å². The van der Waals surface area contributed by atoms with E-state index in [0.29, 0.717) is 18.8 Å². The third-order valence-electron chi connectivity index (χ3n) is 3.41. The summed E-state index contributed by atoms with van der Waals surface area (Å²) in [7, 11) is 0. The molecule has 0 aromatic heterocycles. The molecule has 0 aliphatic heterocycles. The van der Waals surface area contributed by atoms with Crippen LogP contribution < -0.4 is 4.74 Å². The number of para-hydroxylation sites is 1. The lowest BCUT2D eigenvalue weighted by molar-refractivity contribution is -0.321. The first-order valence-corrected chi connectivity index (χ1v) is 8.16. The molecule has 1 aromatic rings. The van der Waals surface area contributed by atoms with Crippen molar-refractivity contribution in [3.8, 4) is 5.75 Å². The molecule has 0 aliphatic rings. The van der Waals surface area contributed by atoms with E-state index >= 15 is 0 Å². The Bertz CT molecular complexity index is 364. The summed E-state index contributed by atoms with van der Waals surface area (Å²) >= 11 is 0. The fourth-order valence-corrected chi connectivity index (χ4v) is 2.31. The van der Waals surface area contributed by atoms with Crippen LogP contribution in [0.4, 0.5) is 0 Å². The van der Waals surface area contributed by atoms with Crippen molar-refractivity contribution < 1.29 is 14.6 Å². The van der Waals surface area contributed by atoms with Crippen molar-refractivity contribution in [2.75, 3.05) is 6.61 Å². The second-order valence-corrected chi connectivity index (χ2v) is 5.91. The van der Waals surface area contributed by atoms with Gasteiger partial charge in [-0.1, -0.05) is 57.7 Å². The molecule has 3 nitrogen and oxygen atoms in total. The van der Waals surface area contributed by atoms with E-state index in [-0.39, 0.29) is 0 Å². The van der Waals surface area contributed by atoms with Gasteiger partial charge >= 0.3 is 5.97 Å². The summed E-state index contributed by atoms with van der Waals surface area (Å²) in [5.74, 6) is -0.103. The first-order valence-electron chi connectivity index (χ1n) is 8.16. The van der Waals surface area contributed by atoms with Crippen molar-refractivity contribution in [3.63, 3.8) is 0 Å². The molecule has 0 amide bonds. The maximum Gasteiger partial charge on any atom is 0.324 e. The molecule has 3 heteroatoms. The van der Waals surface area contributed by atoms with Gasteiger partial charge in [0.05, 0.1) is 6.61 Å². The maximum absolute atomic E-state index is 10.5. The van der Waals surface area contributed by atoms with Gasteiger partial charge in [0.1, 0.15) is 5.75 Å². The maximum atomic E-state index is 10.5. The lowest BCUT2D eigenvalue weighted by Gasteiger charge is -2.28. The Hall–Kier alpha value is -1.06. The fraction of sp³-hybridized carbons (Fsp3) is 0.667. The quantitative estimate of drug-likeness (QED) is 0.473. The summed E-state index contributed by atoms with van der Waals surface area (Å²) in [6, 6.07) is 9.34. The van der Waals surface area contributed by atoms with Gasteiger partial charge in [0, 0.05) is 6.42 Å². The molecular formula is C18H30O3. The van der Waals surface area contributed by atoms with Crippen molar-refractivity contribution >= 4 is 0 Å². The second-order valence-electron chi connectivity index (χ2n) is 5.91. The van der Waals surface area contributed by atoms with Gasteiger partial charge in [0.2, 0.25) is 0 Å². The number of aliphatic hydroxyl groups is 1. The zero-order chi connectivity index (χ0) is 15.6. The number of benzene rings is 1. The molecule has 0 fully saturated rings. The van der Waals surface area contributed by atoms with Crippen molar-refractivity contribution in [3.05, 3.63) is 30.3 Å². The van der Waals surface area contributed by atoms with E-state index in [1.807, 2.05) is 37.3 Å². The Morgan fingerprint density at radius 1 is 1.05 bits per heavy atom. The minimum atomic E-state index is -1.51. The zero-order valence-corrected chi connectivity index (χ0v) is 13.7. The highest BCUT2D eigenvalue weighted by atomic mass is 16.8. The van der Waals surface area contributed by atoms with Crippen LogP contribution in [0.15, 0.2) is 30.3 Å². The largest absolute Gasteiger partial charge is 0.439 e. The van der Waals surface area contributed by atoms with Crippen molar-refractivity contribution in [1.29, 1.82) is 0 Å². The lowest BCUT2D eigenvalue weighted by atomic mass is 10.0. The summed E-state index contributed by atoms with van der Waals surface area (Å²) in [6.45, 7) is 6.79. The monoisotopic (exact) mass is 294 g/mol. The van der Waals surface area contributed by atoms with E-state index in [4.69, 9.17) is 9.47 Å². The molecule has 1 aromatic carbocycles. The smallest absolute Gasteiger partial charge is 0.324 e. The standard InChI is InChI=1S/C18H30O3/c1-4-20-18(19,21-17-13-9-7-10-14-17)15-11-6-5-8-12-16(2)3/h7,9-10,13-14,16,19H,4-6,8,11-12,15H2,1-3H3. The predicted octanol–water partition coefficient (Wildman–Crippen LogP) is 4.74.